The molecule has 2 aliphatic rings. The second-order valence-electron chi connectivity index (χ2n) is 8.38. The molecule has 1 saturated heterocycles. The Morgan fingerprint density at radius 1 is 1.00 bits per heavy atom. The van der Waals surface area contributed by atoms with E-state index in [2.05, 4.69) is 19.6 Å². The second-order valence-corrected chi connectivity index (χ2v) is 10.1. The van der Waals surface area contributed by atoms with E-state index in [4.69, 9.17) is 0 Å². The molecule has 2 amide bonds. The van der Waals surface area contributed by atoms with Crippen molar-refractivity contribution in [3.63, 3.8) is 0 Å². The first-order valence-electron chi connectivity index (χ1n) is 11.2. The summed E-state index contributed by atoms with van der Waals surface area (Å²) >= 11 is 0. The Bertz CT molecular complexity index is 1350. The minimum absolute atomic E-state index is 0. The molecule has 0 unspecified atom stereocenters. The van der Waals surface area contributed by atoms with E-state index in [1.165, 1.54) is 18.6 Å². The molecule has 0 radical (unpaired) electrons. The van der Waals surface area contributed by atoms with Gasteiger partial charge in [0.15, 0.2) is 0 Å². The Hall–Kier alpha value is -3.99. The van der Waals surface area contributed by atoms with Gasteiger partial charge in [-0.1, -0.05) is 18.2 Å². The maximum Gasteiger partial charge on any atom is 0.263 e. The van der Waals surface area contributed by atoms with E-state index >= 15 is 0 Å². The molecule has 11 heteroatoms. The lowest BCUT2D eigenvalue weighted by Gasteiger charge is -2.36. The summed E-state index contributed by atoms with van der Waals surface area (Å²) in [6.45, 7) is 2.82. The average Bonchev–Trinajstić information content (AvgIpc) is 3.19. The van der Waals surface area contributed by atoms with Crippen LogP contribution in [0.15, 0.2) is 72.0 Å². The molecule has 0 spiro atoms. The Morgan fingerprint density at radius 2 is 1.74 bits per heavy atom. The van der Waals surface area contributed by atoms with Gasteiger partial charge in [-0.05, 0) is 42.0 Å². The zero-order valence-electron chi connectivity index (χ0n) is 18.9. The van der Waals surface area contributed by atoms with Crippen molar-refractivity contribution in [2.75, 3.05) is 42.3 Å². The van der Waals surface area contributed by atoms with Crippen molar-refractivity contribution in [3.05, 3.63) is 78.2 Å². The highest BCUT2D eigenvalue weighted by atomic mass is 32.2. The van der Waals surface area contributed by atoms with Crippen molar-refractivity contribution < 1.29 is 19.4 Å². The summed E-state index contributed by atoms with van der Waals surface area (Å²) in [6, 6.07) is 15.5. The van der Waals surface area contributed by atoms with Gasteiger partial charge in [-0.25, -0.2) is 18.4 Å². The zero-order chi connectivity index (χ0) is 24.4. The van der Waals surface area contributed by atoms with Crippen LogP contribution in [-0.4, -0.2) is 72.7 Å². The molecular weight excluding hydrogens is 468 g/mol. The number of rotatable bonds is 6. The van der Waals surface area contributed by atoms with Crippen molar-refractivity contribution in [2.24, 2.45) is 0 Å². The van der Waals surface area contributed by atoms with Gasteiger partial charge in [-0.3, -0.25) is 14.3 Å². The third-order valence-corrected chi connectivity index (χ3v) is 7.56. The molecule has 1 fully saturated rings. The number of carbonyl (C=O) groups excluding carboxylic acids is 2. The van der Waals surface area contributed by atoms with E-state index in [0.717, 1.165) is 11.3 Å². The van der Waals surface area contributed by atoms with Crippen LogP contribution in [0.2, 0.25) is 0 Å². The van der Waals surface area contributed by atoms with Crippen LogP contribution in [0.25, 0.3) is 0 Å². The maximum atomic E-state index is 12.8. The first kappa shape index (κ1) is 22.8. The van der Waals surface area contributed by atoms with Crippen LogP contribution in [0.1, 0.15) is 17.3 Å². The van der Waals surface area contributed by atoms with Gasteiger partial charge in [0.1, 0.15) is 18.7 Å². The van der Waals surface area contributed by atoms with Gasteiger partial charge >= 0.3 is 0 Å². The van der Waals surface area contributed by atoms with Crippen molar-refractivity contribution >= 4 is 33.3 Å². The van der Waals surface area contributed by atoms with Gasteiger partial charge < -0.3 is 14.7 Å². The number of benzene rings is 2. The summed E-state index contributed by atoms with van der Waals surface area (Å²) in [5.74, 6) is 0.0317. The van der Waals surface area contributed by atoms with E-state index in [9.17, 15) is 18.0 Å². The monoisotopic (exact) mass is 494 g/mol. The fraction of sp³-hybridized carbons (Fsp3) is 0.250. The number of sulfonamides is 1. The lowest BCUT2D eigenvalue weighted by atomic mass is 10.1. The van der Waals surface area contributed by atoms with Gasteiger partial charge in [-0.2, -0.15) is 0 Å². The minimum atomic E-state index is -3.76. The highest BCUT2D eigenvalue weighted by Crippen LogP contribution is 2.23. The first-order valence-corrected chi connectivity index (χ1v) is 12.7. The van der Waals surface area contributed by atoms with Crippen LogP contribution < -0.4 is 9.62 Å². The molecule has 1 aromatic heterocycles. The first-order chi connectivity index (χ1) is 16.9. The molecule has 35 heavy (non-hydrogen) atoms. The highest BCUT2D eigenvalue weighted by molar-refractivity contribution is 7.92. The van der Waals surface area contributed by atoms with Crippen LogP contribution in [0.3, 0.4) is 0 Å². The number of amides is 2. The predicted molar refractivity (Wildman–Crippen MR) is 131 cm³/mol. The van der Waals surface area contributed by atoms with Crippen LogP contribution in [0.5, 0.6) is 0 Å². The molecule has 3 heterocycles. The molecular formula is C24H26N6O4S. The predicted octanol–water partition coefficient (Wildman–Crippen LogP) is 1.83. The van der Waals surface area contributed by atoms with Gasteiger partial charge in [0.05, 0.1) is 4.90 Å². The third kappa shape index (κ3) is 4.80. The number of nitrogens with one attached hydrogen (secondary N) is 1. The number of aromatic nitrogens is 2. The van der Waals surface area contributed by atoms with Crippen LogP contribution in [0, 0.1) is 0 Å². The SMILES string of the molecule is O=C(CN1Cc2ccccc2C1=O)N1CCN(c2ccc(S(=O)(=O)Nc3ccncn3)cc2)CC1.[HH]. The summed E-state index contributed by atoms with van der Waals surface area (Å²) < 4.78 is 27.6. The molecule has 0 atom stereocenters. The Balaban J connectivity index is 0.00000304. The molecule has 182 valence electrons. The molecule has 2 aromatic carbocycles. The summed E-state index contributed by atoms with van der Waals surface area (Å²) in [7, 11) is -3.76. The minimum Gasteiger partial charge on any atom is -0.368 e. The molecule has 5 rings (SSSR count). The molecule has 3 aromatic rings. The largest absolute Gasteiger partial charge is 0.368 e. The number of carbonyl (C=O) groups is 2. The Labute approximate surface area is 204 Å². The topological polar surface area (TPSA) is 116 Å². The van der Waals surface area contributed by atoms with Crippen LogP contribution in [0.4, 0.5) is 11.5 Å². The standard InChI is InChI=1S/C24H24N6O4S.H2/c31-23(16-30-15-18-3-1-2-4-21(18)24(30)32)29-13-11-28(12-14-29)19-5-7-20(8-6-19)35(33,34)27-22-9-10-25-17-26-22;/h1-10,17H,11-16H2,(H,25,26,27);1H. The summed E-state index contributed by atoms with van der Waals surface area (Å²) in [5.41, 5.74) is 2.50. The smallest absolute Gasteiger partial charge is 0.263 e. The molecule has 1 N–H and O–H groups in total. The average molecular weight is 495 g/mol. The lowest BCUT2D eigenvalue weighted by Crippen LogP contribution is -2.51. The normalized spacial score (nSPS) is 15.8. The van der Waals surface area contributed by atoms with E-state index in [0.29, 0.717) is 38.3 Å². The second kappa shape index (κ2) is 9.34. The van der Waals surface area contributed by atoms with Crippen molar-refractivity contribution in [1.82, 2.24) is 19.8 Å². The number of hydrogen-bond donors (Lipinski definition) is 1. The highest BCUT2D eigenvalue weighted by Gasteiger charge is 2.30. The lowest BCUT2D eigenvalue weighted by molar-refractivity contribution is -0.132. The zero-order valence-corrected chi connectivity index (χ0v) is 19.7. The summed E-state index contributed by atoms with van der Waals surface area (Å²) in [5, 5.41) is 0. The van der Waals surface area contributed by atoms with Gasteiger partial charge in [0.2, 0.25) is 5.91 Å². The number of hydrogen-bond acceptors (Lipinski definition) is 7. The van der Waals surface area contributed by atoms with Crippen LogP contribution >= 0.6 is 0 Å². The van der Waals surface area contributed by atoms with Gasteiger partial charge in [-0.15, -0.1) is 0 Å². The maximum absolute atomic E-state index is 12.8. The summed E-state index contributed by atoms with van der Waals surface area (Å²) in [4.78, 5) is 38.6. The van der Waals surface area contributed by atoms with Crippen LogP contribution in [-0.2, 0) is 21.4 Å². The fourth-order valence-corrected chi connectivity index (χ4v) is 5.31. The molecule has 2 aliphatic heterocycles. The molecule has 0 aliphatic carbocycles. The van der Waals surface area contributed by atoms with Crippen molar-refractivity contribution in [1.29, 1.82) is 0 Å². The van der Waals surface area contributed by atoms with E-state index in [1.54, 1.807) is 40.1 Å². The Morgan fingerprint density at radius 3 is 2.43 bits per heavy atom. The van der Waals surface area contributed by atoms with Gasteiger partial charge in [0, 0.05) is 51.6 Å². The van der Waals surface area contributed by atoms with Gasteiger partial charge in [0.25, 0.3) is 15.9 Å². The van der Waals surface area contributed by atoms with E-state index < -0.39 is 10.0 Å². The third-order valence-electron chi connectivity index (χ3n) is 6.19. The fourth-order valence-electron chi connectivity index (χ4n) is 4.30. The molecule has 10 nitrogen and oxygen atoms in total. The molecule has 0 saturated carbocycles. The molecule has 0 bridgehead atoms. The number of piperazine rings is 1. The summed E-state index contributed by atoms with van der Waals surface area (Å²) in [6.07, 6.45) is 2.73. The number of fused-ring (bicyclic) bond motifs is 1. The quantitative estimate of drug-likeness (QED) is 0.556. The van der Waals surface area contributed by atoms with E-state index in [1.807, 2.05) is 18.2 Å². The number of anilines is 2. The van der Waals surface area contributed by atoms with Crippen molar-refractivity contribution in [2.45, 2.75) is 11.4 Å². The number of nitrogens with zero attached hydrogens (tertiary/aromatic N) is 5. The van der Waals surface area contributed by atoms with Crippen molar-refractivity contribution in [3.8, 4) is 0 Å². The Kier molecular flexibility index (Phi) is 6.08. The van der Waals surface area contributed by atoms with E-state index in [-0.39, 0.29) is 30.5 Å².